The van der Waals surface area contributed by atoms with Gasteiger partial charge in [0.1, 0.15) is 17.7 Å². The van der Waals surface area contributed by atoms with Gasteiger partial charge in [0.2, 0.25) is 0 Å². The van der Waals surface area contributed by atoms with Gasteiger partial charge in [-0.1, -0.05) is 0 Å². The van der Waals surface area contributed by atoms with Crippen LogP contribution in [-0.4, -0.2) is 33.2 Å². The van der Waals surface area contributed by atoms with Crippen molar-refractivity contribution in [2.75, 3.05) is 32.6 Å². The molecule has 0 spiro atoms. The summed E-state index contributed by atoms with van der Waals surface area (Å²) in [6.07, 6.45) is 0.799. The first kappa shape index (κ1) is 19.1. The highest BCUT2D eigenvalue weighted by Crippen LogP contribution is 2.33. The number of methoxy groups -OCH3 is 2. The molecule has 0 saturated carbocycles. The van der Waals surface area contributed by atoms with Gasteiger partial charge < -0.3 is 19.7 Å². The van der Waals surface area contributed by atoms with Gasteiger partial charge in [0, 0.05) is 18.1 Å². The molecule has 3 rings (SSSR count). The molecular formula is C20H23F2N2O3+. The minimum absolute atomic E-state index is 0.0164. The van der Waals surface area contributed by atoms with E-state index >= 15 is 0 Å². The van der Waals surface area contributed by atoms with Crippen molar-refractivity contribution < 1.29 is 27.9 Å². The van der Waals surface area contributed by atoms with Gasteiger partial charge in [-0.15, -0.1) is 0 Å². The van der Waals surface area contributed by atoms with Crippen LogP contribution in [0.3, 0.4) is 0 Å². The third-order valence-corrected chi connectivity index (χ3v) is 5.03. The molecule has 1 amide bonds. The van der Waals surface area contributed by atoms with Crippen LogP contribution < -0.4 is 19.7 Å². The van der Waals surface area contributed by atoms with Crippen LogP contribution >= 0.6 is 0 Å². The number of benzene rings is 2. The zero-order valence-corrected chi connectivity index (χ0v) is 15.6. The fourth-order valence-electron chi connectivity index (χ4n) is 3.52. The average molecular weight is 377 g/mol. The zero-order valence-electron chi connectivity index (χ0n) is 15.6. The van der Waals surface area contributed by atoms with Crippen LogP contribution in [0.5, 0.6) is 11.5 Å². The fraction of sp³-hybridized carbons (Fsp3) is 0.350. The molecule has 0 aromatic heterocycles. The van der Waals surface area contributed by atoms with Crippen LogP contribution in [0.2, 0.25) is 0 Å². The van der Waals surface area contributed by atoms with Crippen LogP contribution in [-0.2, 0) is 11.2 Å². The number of quaternary nitrogens is 1. The summed E-state index contributed by atoms with van der Waals surface area (Å²) in [6.45, 7) is 3.00. The van der Waals surface area contributed by atoms with Gasteiger partial charge in [0.05, 0.1) is 26.5 Å². The summed E-state index contributed by atoms with van der Waals surface area (Å²) in [6, 6.07) is 7.10. The number of fused-ring (bicyclic) bond motifs is 1. The van der Waals surface area contributed by atoms with E-state index in [-0.39, 0.29) is 24.2 Å². The van der Waals surface area contributed by atoms with E-state index in [9.17, 15) is 13.6 Å². The Hall–Kier alpha value is -2.67. The molecule has 0 saturated heterocycles. The van der Waals surface area contributed by atoms with Crippen molar-refractivity contribution in [3.63, 3.8) is 0 Å². The van der Waals surface area contributed by atoms with Gasteiger partial charge >= 0.3 is 0 Å². The first-order valence-corrected chi connectivity index (χ1v) is 8.77. The zero-order chi connectivity index (χ0) is 19.6. The minimum Gasteiger partial charge on any atom is -0.493 e. The van der Waals surface area contributed by atoms with E-state index in [2.05, 4.69) is 5.32 Å². The molecule has 27 heavy (non-hydrogen) atoms. The molecule has 144 valence electrons. The number of anilines is 1. The Bertz CT molecular complexity index is 857. The quantitative estimate of drug-likeness (QED) is 0.839. The summed E-state index contributed by atoms with van der Waals surface area (Å²) in [5.74, 6) is -0.432. The van der Waals surface area contributed by atoms with Crippen LogP contribution in [0.15, 0.2) is 30.3 Å². The van der Waals surface area contributed by atoms with Gasteiger partial charge in [-0.05, 0) is 36.8 Å². The summed E-state index contributed by atoms with van der Waals surface area (Å²) in [5, 5.41) is 2.52. The predicted molar refractivity (Wildman–Crippen MR) is 97.3 cm³/mol. The number of rotatable bonds is 5. The van der Waals surface area contributed by atoms with E-state index in [0.29, 0.717) is 11.5 Å². The molecule has 2 aromatic rings. The lowest BCUT2D eigenvalue weighted by Gasteiger charge is -2.32. The first-order chi connectivity index (χ1) is 12.9. The van der Waals surface area contributed by atoms with Crippen molar-refractivity contribution in [2.45, 2.75) is 19.4 Å². The van der Waals surface area contributed by atoms with Gasteiger partial charge in [-0.2, -0.15) is 0 Å². The number of carbonyl (C=O) groups excluding carboxylic acids is 1. The largest absolute Gasteiger partial charge is 0.493 e. The SMILES string of the molecule is COc1cc2c(cc1OC)[C@@H](C)[NH+](CC(=O)Nc1ccc(F)cc1F)CC2. The van der Waals surface area contributed by atoms with Crippen molar-refractivity contribution in [3.05, 3.63) is 53.1 Å². The summed E-state index contributed by atoms with van der Waals surface area (Å²) in [4.78, 5) is 13.4. The van der Waals surface area contributed by atoms with Crippen LogP contribution in [0, 0.1) is 11.6 Å². The molecule has 0 radical (unpaired) electrons. The third kappa shape index (κ3) is 4.03. The molecule has 5 nitrogen and oxygen atoms in total. The number of hydrogen-bond acceptors (Lipinski definition) is 3. The Morgan fingerprint density at radius 2 is 1.89 bits per heavy atom. The van der Waals surface area contributed by atoms with Gasteiger partial charge in [0.15, 0.2) is 18.0 Å². The highest BCUT2D eigenvalue weighted by Gasteiger charge is 2.30. The lowest BCUT2D eigenvalue weighted by atomic mass is 9.93. The summed E-state index contributed by atoms with van der Waals surface area (Å²) in [5.41, 5.74) is 2.26. The number of ether oxygens (including phenoxy) is 2. The Morgan fingerprint density at radius 3 is 2.56 bits per heavy atom. The minimum atomic E-state index is -0.785. The van der Waals surface area contributed by atoms with Crippen LogP contribution in [0.4, 0.5) is 14.5 Å². The van der Waals surface area contributed by atoms with Gasteiger partial charge in [-0.25, -0.2) is 8.78 Å². The number of nitrogens with one attached hydrogen (secondary N) is 2. The topological polar surface area (TPSA) is 52.0 Å². The second-order valence-electron chi connectivity index (χ2n) is 6.64. The Labute approximate surface area is 156 Å². The van der Waals surface area contributed by atoms with Crippen molar-refractivity contribution >= 4 is 11.6 Å². The second kappa shape index (κ2) is 7.92. The lowest BCUT2D eigenvalue weighted by Crippen LogP contribution is -3.14. The van der Waals surface area contributed by atoms with Crippen molar-refractivity contribution in [3.8, 4) is 11.5 Å². The van der Waals surface area contributed by atoms with Gasteiger partial charge in [0.25, 0.3) is 5.91 Å². The van der Waals surface area contributed by atoms with Gasteiger partial charge in [-0.3, -0.25) is 4.79 Å². The maximum absolute atomic E-state index is 13.7. The fourth-order valence-corrected chi connectivity index (χ4v) is 3.52. The van der Waals surface area contributed by atoms with Crippen LogP contribution in [0.1, 0.15) is 24.1 Å². The van der Waals surface area contributed by atoms with E-state index in [1.54, 1.807) is 14.2 Å². The predicted octanol–water partition coefficient (Wildman–Crippen LogP) is 2.12. The Kier molecular flexibility index (Phi) is 5.60. The molecule has 2 N–H and O–H groups in total. The molecule has 0 fully saturated rings. The van der Waals surface area contributed by atoms with E-state index in [1.807, 2.05) is 19.1 Å². The smallest absolute Gasteiger partial charge is 0.279 e. The molecule has 1 aliphatic heterocycles. The maximum Gasteiger partial charge on any atom is 0.279 e. The maximum atomic E-state index is 13.7. The first-order valence-electron chi connectivity index (χ1n) is 8.77. The summed E-state index contributed by atoms with van der Waals surface area (Å²) < 4.78 is 37.5. The number of amides is 1. The molecule has 1 heterocycles. The normalized spacial score (nSPS) is 18.6. The Balaban J connectivity index is 1.73. The number of hydrogen-bond donors (Lipinski definition) is 2. The molecular weight excluding hydrogens is 354 g/mol. The van der Waals surface area contributed by atoms with E-state index in [0.717, 1.165) is 35.6 Å². The van der Waals surface area contributed by atoms with Crippen molar-refractivity contribution in [1.29, 1.82) is 0 Å². The van der Waals surface area contributed by atoms with E-state index in [4.69, 9.17) is 9.47 Å². The molecule has 2 aromatic carbocycles. The highest BCUT2D eigenvalue weighted by atomic mass is 19.1. The molecule has 7 heteroatoms. The number of halogens is 2. The average Bonchev–Trinajstić information content (AvgIpc) is 2.65. The monoisotopic (exact) mass is 377 g/mol. The summed E-state index contributed by atoms with van der Waals surface area (Å²) in [7, 11) is 3.19. The lowest BCUT2D eigenvalue weighted by molar-refractivity contribution is -0.924. The molecule has 1 aliphatic rings. The number of carbonyl (C=O) groups is 1. The molecule has 1 unspecified atom stereocenters. The van der Waals surface area contributed by atoms with Crippen molar-refractivity contribution in [1.82, 2.24) is 0 Å². The molecule has 2 atom stereocenters. The third-order valence-electron chi connectivity index (χ3n) is 5.03. The highest BCUT2D eigenvalue weighted by molar-refractivity contribution is 5.91. The Morgan fingerprint density at radius 1 is 1.19 bits per heavy atom. The molecule has 0 bridgehead atoms. The van der Waals surface area contributed by atoms with Crippen LogP contribution in [0.25, 0.3) is 0 Å². The molecule has 0 aliphatic carbocycles. The van der Waals surface area contributed by atoms with Crippen molar-refractivity contribution in [2.24, 2.45) is 0 Å². The second-order valence-corrected chi connectivity index (χ2v) is 6.64. The van der Waals surface area contributed by atoms with E-state index in [1.165, 1.54) is 11.6 Å². The summed E-state index contributed by atoms with van der Waals surface area (Å²) >= 11 is 0. The van der Waals surface area contributed by atoms with E-state index < -0.39 is 11.6 Å². The standard InChI is InChI=1S/C20H22F2N2O3/c1-12-15-10-19(27-3)18(26-2)8-13(15)6-7-24(12)11-20(25)23-17-5-4-14(21)9-16(17)22/h4-5,8-10,12H,6-7,11H2,1-3H3,(H,23,25)/p+1/t12-/m1/s1.